The monoisotopic (exact) mass is 279 g/mol. The highest BCUT2D eigenvalue weighted by Gasteiger charge is 2.01. The first kappa shape index (κ1) is 15.4. The Labute approximate surface area is 103 Å². The molecule has 0 radical (unpaired) electrons. The molecule has 0 amide bonds. The lowest BCUT2D eigenvalue weighted by Gasteiger charge is -2.17. The van der Waals surface area contributed by atoms with E-state index < -0.39 is 0 Å². The third kappa shape index (κ3) is 12.3. The molecule has 0 aromatic carbocycles. The van der Waals surface area contributed by atoms with Crippen molar-refractivity contribution in [2.75, 3.05) is 33.4 Å². The maximum Gasteiger partial charge on any atom is 0.0593 e. The second-order valence-electron chi connectivity index (χ2n) is 4.67. The molecule has 0 aliphatic rings. The summed E-state index contributed by atoms with van der Waals surface area (Å²) in [6, 6.07) is 0. The average molecular weight is 280 g/mol. The minimum atomic E-state index is 0.613. The molecule has 0 saturated carbocycles. The number of ether oxygens (including phenoxy) is 1. The lowest BCUT2D eigenvalue weighted by molar-refractivity contribution is 0.103. The second kappa shape index (κ2) is 9.61. The van der Waals surface area contributed by atoms with Gasteiger partial charge in [0.2, 0.25) is 0 Å². The quantitative estimate of drug-likeness (QED) is 0.475. The molecular formula is C12H26BrNO. The molecule has 0 aliphatic heterocycles. The van der Waals surface area contributed by atoms with Crippen LogP contribution < -0.4 is 0 Å². The standard InChI is InChI=1S/C12H26BrNO/c1-11(2)6-9-15-10-8-14(4)7-5-12(3)13/h11-12H,5-10H2,1-4H3. The van der Waals surface area contributed by atoms with Crippen LogP contribution in [0.25, 0.3) is 0 Å². The van der Waals surface area contributed by atoms with E-state index in [0.29, 0.717) is 4.83 Å². The van der Waals surface area contributed by atoms with Crippen molar-refractivity contribution in [1.82, 2.24) is 4.90 Å². The Kier molecular flexibility index (Phi) is 9.87. The van der Waals surface area contributed by atoms with E-state index in [2.05, 4.69) is 48.6 Å². The minimum Gasteiger partial charge on any atom is -0.380 e. The predicted molar refractivity (Wildman–Crippen MR) is 70.8 cm³/mol. The van der Waals surface area contributed by atoms with Crippen LogP contribution >= 0.6 is 15.9 Å². The van der Waals surface area contributed by atoms with E-state index in [9.17, 15) is 0 Å². The fraction of sp³-hybridized carbons (Fsp3) is 1.00. The number of rotatable bonds is 9. The Hall–Kier alpha value is 0.400. The fourth-order valence-corrected chi connectivity index (χ4v) is 1.36. The van der Waals surface area contributed by atoms with Gasteiger partial charge in [0.05, 0.1) is 6.61 Å². The van der Waals surface area contributed by atoms with E-state index in [0.717, 1.165) is 32.2 Å². The topological polar surface area (TPSA) is 12.5 Å². The molecule has 0 spiro atoms. The van der Waals surface area contributed by atoms with Gasteiger partial charge in [0.15, 0.2) is 0 Å². The number of hydrogen-bond donors (Lipinski definition) is 0. The summed E-state index contributed by atoms with van der Waals surface area (Å²) in [6.45, 7) is 10.6. The first-order chi connectivity index (χ1) is 7.02. The van der Waals surface area contributed by atoms with Crippen LogP contribution in [0.3, 0.4) is 0 Å². The Bertz CT molecular complexity index is 140. The van der Waals surface area contributed by atoms with Gasteiger partial charge in [0.25, 0.3) is 0 Å². The van der Waals surface area contributed by atoms with Crippen LogP contribution in [0.1, 0.15) is 33.6 Å². The number of likely N-dealkylation sites (N-methyl/N-ethyl adjacent to an activating group) is 1. The van der Waals surface area contributed by atoms with Crippen molar-refractivity contribution < 1.29 is 4.74 Å². The summed E-state index contributed by atoms with van der Waals surface area (Å²) in [4.78, 5) is 2.94. The van der Waals surface area contributed by atoms with Gasteiger partial charge in [-0.1, -0.05) is 36.7 Å². The second-order valence-corrected chi connectivity index (χ2v) is 6.23. The molecule has 0 bridgehead atoms. The molecule has 92 valence electrons. The summed E-state index contributed by atoms with van der Waals surface area (Å²) in [5, 5.41) is 0. The number of alkyl halides is 1. The largest absolute Gasteiger partial charge is 0.380 e. The van der Waals surface area contributed by atoms with E-state index in [-0.39, 0.29) is 0 Å². The highest BCUT2D eigenvalue weighted by molar-refractivity contribution is 9.09. The Morgan fingerprint density at radius 3 is 2.27 bits per heavy atom. The van der Waals surface area contributed by atoms with Gasteiger partial charge in [0.1, 0.15) is 0 Å². The van der Waals surface area contributed by atoms with E-state index in [1.165, 1.54) is 12.8 Å². The van der Waals surface area contributed by atoms with Crippen LogP contribution in [-0.4, -0.2) is 43.1 Å². The number of halogens is 1. The molecule has 0 aliphatic carbocycles. The Morgan fingerprint density at radius 2 is 1.73 bits per heavy atom. The van der Waals surface area contributed by atoms with Gasteiger partial charge in [0, 0.05) is 18.0 Å². The summed E-state index contributed by atoms with van der Waals surface area (Å²) in [5.41, 5.74) is 0. The summed E-state index contributed by atoms with van der Waals surface area (Å²) in [5.74, 6) is 0.747. The van der Waals surface area contributed by atoms with Crippen molar-refractivity contribution in [2.24, 2.45) is 5.92 Å². The van der Waals surface area contributed by atoms with Gasteiger partial charge in [-0.25, -0.2) is 0 Å². The van der Waals surface area contributed by atoms with Gasteiger partial charge < -0.3 is 9.64 Å². The molecular weight excluding hydrogens is 254 g/mol. The normalized spacial score (nSPS) is 13.8. The van der Waals surface area contributed by atoms with E-state index in [4.69, 9.17) is 4.74 Å². The van der Waals surface area contributed by atoms with Crippen molar-refractivity contribution >= 4 is 15.9 Å². The molecule has 0 aromatic heterocycles. The smallest absolute Gasteiger partial charge is 0.0593 e. The van der Waals surface area contributed by atoms with Gasteiger partial charge in [-0.05, 0) is 32.4 Å². The predicted octanol–water partition coefficient (Wildman–Crippen LogP) is 3.15. The molecule has 0 N–H and O–H groups in total. The third-order valence-electron chi connectivity index (χ3n) is 2.37. The molecule has 0 rings (SSSR count). The molecule has 1 atom stereocenters. The summed E-state index contributed by atoms with van der Waals surface area (Å²) in [6.07, 6.45) is 2.37. The Morgan fingerprint density at radius 1 is 1.07 bits per heavy atom. The van der Waals surface area contributed by atoms with Crippen LogP contribution in [0.2, 0.25) is 0 Å². The van der Waals surface area contributed by atoms with Crippen molar-refractivity contribution in [3.8, 4) is 0 Å². The van der Waals surface area contributed by atoms with Gasteiger partial charge in [-0.2, -0.15) is 0 Å². The first-order valence-electron chi connectivity index (χ1n) is 5.92. The van der Waals surface area contributed by atoms with Crippen LogP contribution in [0.15, 0.2) is 0 Å². The van der Waals surface area contributed by atoms with E-state index >= 15 is 0 Å². The Balaban J connectivity index is 3.20. The van der Waals surface area contributed by atoms with Gasteiger partial charge >= 0.3 is 0 Å². The maximum atomic E-state index is 5.57. The SMILES string of the molecule is CC(C)CCOCCN(C)CCC(C)Br. The van der Waals surface area contributed by atoms with Gasteiger partial charge in [-0.3, -0.25) is 0 Å². The molecule has 0 fully saturated rings. The molecule has 3 heteroatoms. The molecule has 2 nitrogen and oxygen atoms in total. The van der Waals surface area contributed by atoms with Crippen LogP contribution in [0.5, 0.6) is 0 Å². The summed E-state index contributed by atoms with van der Waals surface area (Å²) in [7, 11) is 2.15. The molecule has 1 unspecified atom stereocenters. The summed E-state index contributed by atoms with van der Waals surface area (Å²) < 4.78 is 5.57. The van der Waals surface area contributed by atoms with Crippen LogP contribution in [-0.2, 0) is 4.74 Å². The highest BCUT2D eigenvalue weighted by Crippen LogP contribution is 2.03. The fourth-order valence-electron chi connectivity index (χ4n) is 1.15. The lowest BCUT2D eigenvalue weighted by Crippen LogP contribution is -2.25. The van der Waals surface area contributed by atoms with Crippen molar-refractivity contribution in [3.05, 3.63) is 0 Å². The van der Waals surface area contributed by atoms with Gasteiger partial charge in [-0.15, -0.1) is 0 Å². The highest BCUT2D eigenvalue weighted by atomic mass is 79.9. The molecule has 15 heavy (non-hydrogen) atoms. The minimum absolute atomic E-state index is 0.613. The zero-order valence-corrected chi connectivity index (χ0v) is 12.2. The number of hydrogen-bond acceptors (Lipinski definition) is 2. The summed E-state index contributed by atoms with van der Waals surface area (Å²) >= 11 is 3.55. The zero-order chi connectivity index (χ0) is 11.7. The molecule has 0 saturated heterocycles. The van der Waals surface area contributed by atoms with E-state index in [1.54, 1.807) is 0 Å². The van der Waals surface area contributed by atoms with Crippen molar-refractivity contribution in [1.29, 1.82) is 0 Å². The lowest BCUT2D eigenvalue weighted by atomic mass is 10.1. The van der Waals surface area contributed by atoms with E-state index in [1.807, 2.05) is 0 Å². The zero-order valence-electron chi connectivity index (χ0n) is 10.6. The third-order valence-corrected chi connectivity index (χ3v) is 2.82. The maximum absolute atomic E-state index is 5.57. The van der Waals surface area contributed by atoms with Crippen LogP contribution in [0.4, 0.5) is 0 Å². The van der Waals surface area contributed by atoms with Crippen molar-refractivity contribution in [2.45, 2.75) is 38.4 Å². The van der Waals surface area contributed by atoms with Crippen molar-refractivity contribution in [3.63, 3.8) is 0 Å². The van der Waals surface area contributed by atoms with Crippen LogP contribution in [0, 0.1) is 5.92 Å². The average Bonchev–Trinajstić information content (AvgIpc) is 2.13. The molecule has 0 heterocycles. The number of nitrogens with zero attached hydrogens (tertiary/aromatic N) is 1. The first-order valence-corrected chi connectivity index (χ1v) is 6.84. The molecule has 0 aromatic rings.